The monoisotopic (exact) mass is 404 g/mol. The zero-order valence-corrected chi connectivity index (χ0v) is 15.3. The van der Waals surface area contributed by atoms with Crippen molar-refractivity contribution in [2.24, 2.45) is 0 Å². The van der Waals surface area contributed by atoms with Gasteiger partial charge in [-0.05, 0) is 54.6 Å². The van der Waals surface area contributed by atoms with Crippen LogP contribution in [0.2, 0.25) is 5.02 Å². The Labute approximate surface area is 160 Å². The quantitative estimate of drug-likeness (QED) is 0.468. The normalized spacial score (nSPS) is 11.0. The summed E-state index contributed by atoms with van der Waals surface area (Å²) in [5.74, 6) is 0.877. The number of benzene rings is 3. The van der Waals surface area contributed by atoms with Gasteiger partial charge in [-0.2, -0.15) is 0 Å². The highest BCUT2D eigenvalue weighted by atomic mass is 35.5. The molecule has 0 saturated carbocycles. The van der Waals surface area contributed by atoms with E-state index in [9.17, 15) is 18.5 Å². The van der Waals surface area contributed by atoms with Crippen molar-refractivity contribution in [1.82, 2.24) is 0 Å². The molecule has 0 fully saturated rings. The largest absolute Gasteiger partial charge is 0.457 e. The van der Waals surface area contributed by atoms with Gasteiger partial charge in [0.05, 0.1) is 9.82 Å². The van der Waals surface area contributed by atoms with Gasteiger partial charge >= 0.3 is 0 Å². The van der Waals surface area contributed by atoms with E-state index in [1.54, 1.807) is 36.4 Å². The second kappa shape index (κ2) is 7.65. The fourth-order valence-electron chi connectivity index (χ4n) is 2.21. The molecule has 0 atom stereocenters. The summed E-state index contributed by atoms with van der Waals surface area (Å²) in [6.07, 6.45) is 0. The van der Waals surface area contributed by atoms with Gasteiger partial charge in [-0.3, -0.25) is 14.8 Å². The average Bonchev–Trinajstić information content (AvgIpc) is 2.63. The van der Waals surface area contributed by atoms with Crippen LogP contribution in [-0.4, -0.2) is 13.3 Å². The van der Waals surface area contributed by atoms with Crippen LogP contribution in [0.5, 0.6) is 11.5 Å². The van der Waals surface area contributed by atoms with Crippen molar-refractivity contribution in [2.75, 3.05) is 4.72 Å². The maximum absolute atomic E-state index is 12.4. The topological polar surface area (TPSA) is 98.5 Å². The van der Waals surface area contributed by atoms with Crippen LogP contribution >= 0.6 is 11.6 Å². The fourth-order valence-corrected chi connectivity index (χ4v) is 3.57. The van der Waals surface area contributed by atoms with Crippen molar-refractivity contribution in [3.05, 3.63) is 87.9 Å². The Kier molecular flexibility index (Phi) is 5.29. The van der Waals surface area contributed by atoms with Crippen LogP contribution in [0.4, 0.5) is 11.4 Å². The number of anilines is 1. The van der Waals surface area contributed by atoms with Crippen LogP contribution in [0.1, 0.15) is 0 Å². The number of rotatable bonds is 6. The Bertz CT molecular complexity index is 1070. The van der Waals surface area contributed by atoms with Gasteiger partial charge in [0.15, 0.2) is 0 Å². The summed E-state index contributed by atoms with van der Waals surface area (Å²) in [5, 5.41) is 11.0. The molecule has 3 aromatic carbocycles. The molecule has 0 aliphatic heterocycles. The van der Waals surface area contributed by atoms with Gasteiger partial charge in [-0.1, -0.05) is 17.7 Å². The third-order valence-corrected chi connectivity index (χ3v) is 5.11. The SMILES string of the molecule is O=[N+]([O-])c1ccc(Oc2ccc(NS(=O)(=O)c3cccc(Cl)c3)cc2)cc1. The molecule has 7 nitrogen and oxygen atoms in total. The summed E-state index contributed by atoms with van der Waals surface area (Å²) in [6, 6.07) is 17.8. The number of non-ortho nitro benzene ring substituents is 1. The zero-order chi connectivity index (χ0) is 19.4. The molecule has 0 amide bonds. The minimum absolute atomic E-state index is 0.0341. The number of nitrogens with one attached hydrogen (secondary N) is 1. The van der Waals surface area contributed by atoms with Crippen molar-refractivity contribution >= 4 is 33.0 Å². The Balaban J connectivity index is 1.70. The van der Waals surface area contributed by atoms with Crippen LogP contribution in [0.3, 0.4) is 0 Å². The van der Waals surface area contributed by atoms with Crippen LogP contribution in [0.25, 0.3) is 0 Å². The van der Waals surface area contributed by atoms with E-state index in [1.807, 2.05) is 0 Å². The van der Waals surface area contributed by atoms with E-state index in [2.05, 4.69) is 4.72 Å². The predicted octanol–water partition coefficient (Wildman–Crippen LogP) is 4.84. The lowest BCUT2D eigenvalue weighted by Crippen LogP contribution is -2.12. The highest BCUT2D eigenvalue weighted by Crippen LogP contribution is 2.26. The molecule has 3 aromatic rings. The molecule has 0 heterocycles. The number of nitro groups is 1. The van der Waals surface area contributed by atoms with E-state index in [-0.39, 0.29) is 10.6 Å². The molecule has 0 unspecified atom stereocenters. The zero-order valence-electron chi connectivity index (χ0n) is 13.7. The van der Waals surface area contributed by atoms with Crippen molar-refractivity contribution in [3.63, 3.8) is 0 Å². The first-order valence-electron chi connectivity index (χ1n) is 7.64. The first-order chi connectivity index (χ1) is 12.8. The lowest BCUT2D eigenvalue weighted by molar-refractivity contribution is -0.384. The van der Waals surface area contributed by atoms with Gasteiger partial charge < -0.3 is 4.74 Å². The van der Waals surface area contributed by atoms with Crippen molar-refractivity contribution in [2.45, 2.75) is 4.90 Å². The van der Waals surface area contributed by atoms with Gasteiger partial charge in [0.25, 0.3) is 15.7 Å². The van der Waals surface area contributed by atoms with Gasteiger partial charge in [0.2, 0.25) is 0 Å². The molecule has 0 aliphatic rings. The lowest BCUT2D eigenvalue weighted by atomic mass is 10.3. The second-order valence-corrected chi connectivity index (χ2v) is 7.56. The number of hydrogen-bond donors (Lipinski definition) is 1. The molecular formula is C18H13ClN2O5S. The Hall–Kier alpha value is -3.10. The first-order valence-corrected chi connectivity index (χ1v) is 9.50. The molecule has 0 saturated heterocycles. The van der Waals surface area contributed by atoms with E-state index in [1.165, 1.54) is 36.4 Å². The maximum Gasteiger partial charge on any atom is 0.269 e. The van der Waals surface area contributed by atoms with Gasteiger partial charge in [-0.15, -0.1) is 0 Å². The summed E-state index contributed by atoms with van der Waals surface area (Å²) in [7, 11) is -3.76. The van der Waals surface area contributed by atoms with Crippen LogP contribution in [0, 0.1) is 10.1 Å². The molecular weight excluding hydrogens is 392 g/mol. The average molecular weight is 405 g/mol. The molecule has 1 N–H and O–H groups in total. The van der Waals surface area contributed by atoms with Gasteiger partial charge in [-0.25, -0.2) is 8.42 Å². The first kappa shape index (κ1) is 18.7. The molecule has 138 valence electrons. The number of sulfonamides is 1. The number of ether oxygens (including phenoxy) is 1. The highest BCUT2D eigenvalue weighted by molar-refractivity contribution is 7.92. The van der Waals surface area contributed by atoms with Gasteiger partial charge in [0.1, 0.15) is 11.5 Å². The summed E-state index contributed by atoms with van der Waals surface area (Å²) in [6.45, 7) is 0. The van der Waals surface area contributed by atoms with E-state index >= 15 is 0 Å². The van der Waals surface area contributed by atoms with Crippen LogP contribution < -0.4 is 9.46 Å². The standard InChI is InChI=1S/C18H13ClN2O5S/c19-13-2-1-3-18(12-13)27(24,25)20-14-4-8-16(9-5-14)26-17-10-6-15(7-11-17)21(22)23/h1-12,20H. The van der Waals surface area contributed by atoms with Crippen molar-refractivity contribution in [3.8, 4) is 11.5 Å². The molecule has 3 rings (SSSR count). The molecule has 9 heteroatoms. The third-order valence-electron chi connectivity index (χ3n) is 3.50. The molecule has 0 spiro atoms. The minimum Gasteiger partial charge on any atom is -0.457 e. The lowest BCUT2D eigenvalue weighted by Gasteiger charge is -2.10. The summed E-state index contributed by atoms with van der Waals surface area (Å²) >= 11 is 5.83. The smallest absolute Gasteiger partial charge is 0.269 e. The Morgan fingerprint density at radius 3 is 2.07 bits per heavy atom. The number of halogens is 1. The molecule has 0 bridgehead atoms. The van der Waals surface area contributed by atoms with E-state index < -0.39 is 14.9 Å². The fraction of sp³-hybridized carbons (Fsp3) is 0. The van der Waals surface area contributed by atoms with E-state index in [0.29, 0.717) is 22.2 Å². The summed E-state index contributed by atoms with van der Waals surface area (Å²) in [4.78, 5) is 10.2. The summed E-state index contributed by atoms with van der Waals surface area (Å²) in [5.41, 5.74) is 0.319. The van der Waals surface area contributed by atoms with Crippen LogP contribution in [-0.2, 0) is 10.0 Å². The van der Waals surface area contributed by atoms with E-state index in [4.69, 9.17) is 16.3 Å². The highest BCUT2D eigenvalue weighted by Gasteiger charge is 2.14. The minimum atomic E-state index is -3.76. The molecule has 27 heavy (non-hydrogen) atoms. The van der Waals surface area contributed by atoms with Crippen molar-refractivity contribution in [1.29, 1.82) is 0 Å². The predicted molar refractivity (Wildman–Crippen MR) is 102 cm³/mol. The number of hydrogen-bond acceptors (Lipinski definition) is 5. The number of nitro benzene ring substituents is 1. The third kappa shape index (κ3) is 4.75. The molecule has 0 aromatic heterocycles. The second-order valence-electron chi connectivity index (χ2n) is 5.44. The Morgan fingerprint density at radius 1 is 0.926 bits per heavy atom. The van der Waals surface area contributed by atoms with Crippen LogP contribution in [0.15, 0.2) is 77.7 Å². The Morgan fingerprint density at radius 2 is 1.52 bits per heavy atom. The maximum atomic E-state index is 12.4. The van der Waals surface area contributed by atoms with E-state index in [0.717, 1.165) is 0 Å². The van der Waals surface area contributed by atoms with Gasteiger partial charge in [0, 0.05) is 22.8 Å². The number of nitrogens with zero attached hydrogens (tertiary/aromatic N) is 1. The molecule has 0 radical (unpaired) electrons. The summed E-state index contributed by atoms with van der Waals surface area (Å²) < 4.78 is 32.8. The molecule has 0 aliphatic carbocycles. The van der Waals surface area contributed by atoms with Crippen molar-refractivity contribution < 1.29 is 18.1 Å².